The molecule has 3 rings (SSSR count). The molecule has 2 nitrogen and oxygen atoms in total. The molecule has 0 aromatic heterocycles. The number of likely N-dealkylation sites (tertiary alicyclic amines) is 1. The highest BCUT2D eigenvalue weighted by atomic mass is 15.2. The van der Waals surface area contributed by atoms with E-state index in [1.807, 2.05) is 0 Å². The molecule has 18 heavy (non-hydrogen) atoms. The van der Waals surface area contributed by atoms with Gasteiger partial charge in [-0.15, -0.1) is 0 Å². The molecule has 1 atom stereocenters. The first-order valence-corrected chi connectivity index (χ1v) is 7.39. The van der Waals surface area contributed by atoms with Crippen molar-refractivity contribution < 1.29 is 0 Å². The van der Waals surface area contributed by atoms with Crippen molar-refractivity contribution in [2.24, 2.45) is 0 Å². The van der Waals surface area contributed by atoms with E-state index in [1.54, 1.807) is 5.56 Å². The highest BCUT2D eigenvalue weighted by Crippen LogP contribution is 2.29. The average molecular weight is 244 g/mol. The number of nitrogens with one attached hydrogen (secondary N) is 1. The lowest BCUT2D eigenvalue weighted by atomic mass is 9.94. The Bertz CT molecular complexity index is 406. The zero-order chi connectivity index (χ0) is 12.4. The topological polar surface area (TPSA) is 15.3 Å². The standard InChI is InChI=1S/C16H24N2/c1-13-6-7-15-14(10-13)11-17-12-16(15)18-8-4-2-3-5-9-18/h6-7,10,16-17H,2-5,8-9,11-12H2,1H3/t16-/m1/s1. The Hall–Kier alpha value is -0.860. The van der Waals surface area contributed by atoms with Crippen LogP contribution in [0.4, 0.5) is 0 Å². The molecular formula is C16H24N2. The minimum Gasteiger partial charge on any atom is -0.311 e. The summed E-state index contributed by atoms with van der Waals surface area (Å²) in [7, 11) is 0. The van der Waals surface area contributed by atoms with Gasteiger partial charge in [-0.1, -0.05) is 36.6 Å². The molecule has 1 aromatic carbocycles. The first-order chi connectivity index (χ1) is 8.84. The molecule has 1 fully saturated rings. The summed E-state index contributed by atoms with van der Waals surface area (Å²) in [4.78, 5) is 2.70. The van der Waals surface area contributed by atoms with E-state index in [0.29, 0.717) is 6.04 Å². The van der Waals surface area contributed by atoms with Gasteiger partial charge in [0.25, 0.3) is 0 Å². The van der Waals surface area contributed by atoms with Gasteiger partial charge in [-0.25, -0.2) is 0 Å². The van der Waals surface area contributed by atoms with Crippen LogP contribution in [0.5, 0.6) is 0 Å². The maximum Gasteiger partial charge on any atom is 0.0476 e. The van der Waals surface area contributed by atoms with Gasteiger partial charge in [-0.3, -0.25) is 4.90 Å². The van der Waals surface area contributed by atoms with Crippen molar-refractivity contribution in [1.82, 2.24) is 10.2 Å². The largest absolute Gasteiger partial charge is 0.311 e. The molecule has 1 aromatic rings. The van der Waals surface area contributed by atoms with Gasteiger partial charge in [0.2, 0.25) is 0 Å². The summed E-state index contributed by atoms with van der Waals surface area (Å²) in [6, 6.07) is 7.59. The van der Waals surface area contributed by atoms with Crippen LogP contribution >= 0.6 is 0 Å². The van der Waals surface area contributed by atoms with Gasteiger partial charge in [0.15, 0.2) is 0 Å². The first-order valence-electron chi connectivity index (χ1n) is 7.39. The summed E-state index contributed by atoms with van der Waals surface area (Å²) in [6.07, 6.45) is 5.57. The van der Waals surface area contributed by atoms with Crippen LogP contribution in [-0.2, 0) is 6.54 Å². The predicted molar refractivity (Wildman–Crippen MR) is 75.7 cm³/mol. The fourth-order valence-corrected chi connectivity index (χ4v) is 3.40. The zero-order valence-electron chi connectivity index (χ0n) is 11.4. The van der Waals surface area contributed by atoms with E-state index >= 15 is 0 Å². The van der Waals surface area contributed by atoms with Crippen LogP contribution < -0.4 is 5.32 Å². The molecule has 2 heterocycles. The molecule has 0 amide bonds. The molecule has 0 unspecified atom stereocenters. The Morgan fingerprint density at radius 2 is 1.89 bits per heavy atom. The highest BCUT2D eigenvalue weighted by Gasteiger charge is 2.25. The van der Waals surface area contributed by atoms with Crippen molar-refractivity contribution in [1.29, 1.82) is 0 Å². The Kier molecular flexibility index (Phi) is 3.67. The van der Waals surface area contributed by atoms with Crippen LogP contribution in [-0.4, -0.2) is 24.5 Å². The molecular weight excluding hydrogens is 220 g/mol. The number of aryl methyl sites for hydroxylation is 1. The Morgan fingerprint density at radius 3 is 2.67 bits per heavy atom. The maximum atomic E-state index is 3.59. The van der Waals surface area contributed by atoms with Crippen LogP contribution in [0, 0.1) is 6.92 Å². The summed E-state index contributed by atoms with van der Waals surface area (Å²) in [5, 5.41) is 3.59. The third-order valence-corrected chi connectivity index (χ3v) is 4.39. The number of benzene rings is 1. The monoisotopic (exact) mass is 244 g/mol. The lowest BCUT2D eigenvalue weighted by Gasteiger charge is -2.35. The number of hydrogen-bond donors (Lipinski definition) is 1. The van der Waals surface area contributed by atoms with Crippen molar-refractivity contribution in [3.8, 4) is 0 Å². The van der Waals surface area contributed by atoms with E-state index in [1.165, 1.54) is 49.9 Å². The third-order valence-electron chi connectivity index (χ3n) is 4.39. The highest BCUT2D eigenvalue weighted by molar-refractivity contribution is 5.35. The van der Waals surface area contributed by atoms with Crippen molar-refractivity contribution in [2.45, 2.75) is 45.2 Å². The maximum absolute atomic E-state index is 3.59. The number of rotatable bonds is 1. The molecule has 0 bridgehead atoms. The van der Waals surface area contributed by atoms with Gasteiger partial charge < -0.3 is 5.32 Å². The second-order valence-corrected chi connectivity index (χ2v) is 5.80. The van der Waals surface area contributed by atoms with Gasteiger partial charge >= 0.3 is 0 Å². The molecule has 2 heteroatoms. The third kappa shape index (κ3) is 2.45. The van der Waals surface area contributed by atoms with E-state index in [9.17, 15) is 0 Å². The summed E-state index contributed by atoms with van der Waals surface area (Å²) >= 11 is 0. The van der Waals surface area contributed by atoms with Gasteiger partial charge in [0, 0.05) is 19.1 Å². The summed E-state index contributed by atoms with van der Waals surface area (Å²) in [5.74, 6) is 0. The predicted octanol–water partition coefficient (Wildman–Crippen LogP) is 3.02. The normalized spacial score (nSPS) is 25.5. The van der Waals surface area contributed by atoms with Gasteiger partial charge in [0.1, 0.15) is 0 Å². The van der Waals surface area contributed by atoms with Crippen LogP contribution in [0.3, 0.4) is 0 Å². The lowest BCUT2D eigenvalue weighted by Crippen LogP contribution is -2.40. The number of hydrogen-bond acceptors (Lipinski definition) is 2. The summed E-state index contributed by atoms with van der Waals surface area (Å²) in [5.41, 5.74) is 4.46. The minimum absolute atomic E-state index is 0.604. The molecule has 0 aliphatic carbocycles. The Labute approximate surface area is 110 Å². The number of nitrogens with zero attached hydrogens (tertiary/aromatic N) is 1. The smallest absolute Gasteiger partial charge is 0.0476 e. The molecule has 2 aliphatic heterocycles. The Balaban J connectivity index is 1.85. The quantitative estimate of drug-likeness (QED) is 0.817. The van der Waals surface area contributed by atoms with Gasteiger partial charge in [-0.05, 0) is 44.0 Å². The Morgan fingerprint density at radius 1 is 1.11 bits per heavy atom. The second-order valence-electron chi connectivity index (χ2n) is 5.80. The van der Waals surface area contributed by atoms with E-state index in [0.717, 1.165) is 13.1 Å². The van der Waals surface area contributed by atoms with E-state index in [2.05, 4.69) is 35.3 Å². The van der Waals surface area contributed by atoms with Crippen LogP contribution in [0.2, 0.25) is 0 Å². The molecule has 0 radical (unpaired) electrons. The van der Waals surface area contributed by atoms with Crippen molar-refractivity contribution in [2.75, 3.05) is 19.6 Å². The average Bonchev–Trinajstić information content (AvgIpc) is 2.66. The SMILES string of the molecule is Cc1ccc2c(c1)CNC[C@H]2N1CCCCCC1. The molecule has 98 valence electrons. The van der Waals surface area contributed by atoms with Crippen LogP contribution in [0.15, 0.2) is 18.2 Å². The molecule has 0 saturated carbocycles. The van der Waals surface area contributed by atoms with Gasteiger partial charge in [0.05, 0.1) is 0 Å². The summed E-state index contributed by atoms with van der Waals surface area (Å²) in [6.45, 7) is 6.91. The second kappa shape index (κ2) is 5.41. The fraction of sp³-hybridized carbons (Fsp3) is 0.625. The molecule has 2 aliphatic rings. The molecule has 1 saturated heterocycles. The first kappa shape index (κ1) is 12.2. The number of fused-ring (bicyclic) bond motifs is 1. The van der Waals surface area contributed by atoms with Crippen LogP contribution in [0.25, 0.3) is 0 Å². The lowest BCUT2D eigenvalue weighted by molar-refractivity contribution is 0.192. The van der Waals surface area contributed by atoms with Crippen molar-refractivity contribution >= 4 is 0 Å². The molecule has 0 spiro atoms. The van der Waals surface area contributed by atoms with Gasteiger partial charge in [-0.2, -0.15) is 0 Å². The van der Waals surface area contributed by atoms with Crippen LogP contribution in [0.1, 0.15) is 48.4 Å². The van der Waals surface area contributed by atoms with Crippen molar-refractivity contribution in [3.05, 3.63) is 34.9 Å². The van der Waals surface area contributed by atoms with E-state index < -0.39 is 0 Å². The van der Waals surface area contributed by atoms with E-state index in [-0.39, 0.29) is 0 Å². The summed E-state index contributed by atoms with van der Waals surface area (Å²) < 4.78 is 0. The van der Waals surface area contributed by atoms with Crippen molar-refractivity contribution in [3.63, 3.8) is 0 Å². The minimum atomic E-state index is 0.604. The fourth-order valence-electron chi connectivity index (χ4n) is 3.40. The molecule has 1 N–H and O–H groups in total. The zero-order valence-corrected chi connectivity index (χ0v) is 11.4. The van der Waals surface area contributed by atoms with E-state index in [4.69, 9.17) is 0 Å².